The highest BCUT2D eigenvalue weighted by Gasteiger charge is 2.44. The SMILES string of the molecule is CCSC(C)(CSC1(C)CO1)CSC1(C)CO1. The van der Waals surface area contributed by atoms with E-state index < -0.39 is 0 Å². The monoisotopic (exact) mass is 294 g/mol. The first-order valence-corrected chi connectivity index (χ1v) is 9.04. The maximum atomic E-state index is 5.45. The molecule has 2 nitrogen and oxygen atoms in total. The molecule has 0 amide bonds. The number of thioether (sulfide) groups is 3. The molecular weight excluding hydrogens is 272 g/mol. The smallest absolute Gasteiger partial charge is 0.134 e. The highest BCUT2D eigenvalue weighted by molar-refractivity contribution is 8.06. The maximum Gasteiger partial charge on any atom is 0.134 e. The molecule has 0 aromatic rings. The third kappa shape index (κ3) is 4.53. The molecule has 100 valence electrons. The Balaban J connectivity index is 1.79. The zero-order valence-electron chi connectivity index (χ0n) is 11.1. The maximum absolute atomic E-state index is 5.45. The van der Waals surface area contributed by atoms with Gasteiger partial charge in [-0.25, -0.2) is 0 Å². The van der Waals surface area contributed by atoms with E-state index in [1.165, 1.54) is 5.75 Å². The number of hydrogen-bond donors (Lipinski definition) is 0. The van der Waals surface area contributed by atoms with E-state index in [1.54, 1.807) is 0 Å². The van der Waals surface area contributed by atoms with Crippen molar-refractivity contribution in [1.82, 2.24) is 0 Å². The van der Waals surface area contributed by atoms with Crippen LogP contribution in [0.15, 0.2) is 0 Å². The van der Waals surface area contributed by atoms with Crippen molar-refractivity contribution < 1.29 is 9.47 Å². The fourth-order valence-corrected chi connectivity index (χ4v) is 5.18. The van der Waals surface area contributed by atoms with Gasteiger partial charge < -0.3 is 9.47 Å². The molecule has 2 unspecified atom stereocenters. The van der Waals surface area contributed by atoms with Gasteiger partial charge in [-0.15, -0.1) is 23.5 Å². The lowest BCUT2D eigenvalue weighted by Gasteiger charge is -2.29. The van der Waals surface area contributed by atoms with Crippen molar-refractivity contribution in [2.24, 2.45) is 0 Å². The average Bonchev–Trinajstić information content (AvgIpc) is 3.17. The Kier molecular flexibility index (Phi) is 4.36. The van der Waals surface area contributed by atoms with Crippen molar-refractivity contribution >= 4 is 35.3 Å². The van der Waals surface area contributed by atoms with Crippen LogP contribution in [-0.4, -0.2) is 45.1 Å². The zero-order valence-corrected chi connectivity index (χ0v) is 13.5. The van der Waals surface area contributed by atoms with Crippen molar-refractivity contribution in [2.45, 2.75) is 42.3 Å². The predicted octanol–water partition coefficient (Wildman–Crippen LogP) is 3.46. The van der Waals surface area contributed by atoms with Crippen LogP contribution in [-0.2, 0) is 9.47 Å². The molecule has 0 saturated carbocycles. The largest absolute Gasteiger partial charge is 0.358 e. The van der Waals surface area contributed by atoms with E-state index in [2.05, 4.69) is 39.5 Å². The highest BCUT2D eigenvalue weighted by Crippen LogP contribution is 2.46. The predicted molar refractivity (Wildman–Crippen MR) is 80.2 cm³/mol. The first kappa shape index (κ1) is 14.4. The molecule has 0 aromatic heterocycles. The normalized spacial score (nSPS) is 38.8. The van der Waals surface area contributed by atoms with E-state index in [0.717, 1.165) is 24.7 Å². The van der Waals surface area contributed by atoms with Crippen molar-refractivity contribution in [3.8, 4) is 0 Å². The van der Waals surface area contributed by atoms with Crippen LogP contribution in [0.4, 0.5) is 0 Å². The first-order valence-electron chi connectivity index (χ1n) is 6.09. The van der Waals surface area contributed by atoms with Crippen LogP contribution in [0.2, 0.25) is 0 Å². The summed E-state index contributed by atoms with van der Waals surface area (Å²) >= 11 is 5.99. The molecule has 0 bridgehead atoms. The Bertz CT molecular complexity index is 253. The molecule has 5 heteroatoms. The fourth-order valence-electron chi connectivity index (χ4n) is 1.45. The zero-order chi connectivity index (χ0) is 12.6. The molecule has 2 atom stereocenters. The van der Waals surface area contributed by atoms with Gasteiger partial charge in [0.1, 0.15) is 9.87 Å². The van der Waals surface area contributed by atoms with Gasteiger partial charge in [0.25, 0.3) is 0 Å². The fraction of sp³-hybridized carbons (Fsp3) is 1.00. The summed E-state index contributed by atoms with van der Waals surface area (Å²) in [6.07, 6.45) is 0. The van der Waals surface area contributed by atoms with Crippen LogP contribution in [0.25, 0.3) is 0 Å². The third-order valence-electron chi connectivity index (χ3n) is 2.96. The highest BCUT2D eigenvalue weighted by atomic mass is 32.2. The van der Waals surface area contributed by atoms with Crippen molar-refractivity contribution in [2.75, 3.05) is 30.5 Å². The minimum absolute atomic E-state index is 0.111. The quantitative estimate of drug-likeness (QED) is 0.639. The number of ether oxygens (including phenoxy) is 2. The molecule has 2 aliphatic heterocycles. The Morgan fingerprint density at radius 2 is 1.47 bits per heavy atom. The summed E-state index contributed by atoms with van der Waals surface area (Å²) in [5.74, 6) is 3.49. The number of hydrogen-bond acceptors (Lipinski definition) is 5. The third-order valence-corrected chi connectivity index (χ3v) is 7.86. The molecule has 2 rings (SSSR count). The van der Waals surface area contributed by atoms with E-state index in [0.29, 0.717) is 4.75 Å². The van der Waals surface area contributed by atoms with Gasteiger partial charge in [-0.1, -0.05) is 6.92 Å². The topological polar surface area (TPSA) is 25.1 Å². The second kappa shape index (κ2) is 5.16. The molecule has 0 aromatic carbocycles. The lowest BCUT2D eigenvalue weighted by atomic mass is 10.2. The van der Waals surface area contributed by atoms with E-state index in [-0.39, 0.29) is 9.87 Å². The molecule has 17 heavy (non-hydrogen) atoms. The summed E-state index contributed by atoms with van der Waals surface area (Å²) in [4.78, 5) is 0.223. The molecule has 2 heterocycles. The van der Waals surface area contributed by atoms with E-state index in [1.807, 2.05) is 23.5 Å². The Morgan fingerprint density at radius 3 is 1.76 bits per heavy atom. The Labute approximate surface area is 117 Å². The van der Waals surface area contributed by atoms with Crippen molar-refractivity contribution in [1.29, 1.82) is 0 Å². The van der Waals surface area contributed by atoms with Crippen LogP contribution in [0.1, 0.15) is 27.7 Å². The van der Waals surface area contributed by atoms with E-state index in [4.69, 9.17) is 9.47 Å². The molecule has 0 aliphatic carbocycles. The van der Waals surface area contributed by atoms with Crippen LogP contribution < -0.4 is 0 Å². The average molecular weight is 295 g/mol. The van der Waals surface area contributed by atoms with Gasteiger partial charge in [-0.2, -0.15) is 11.8 Å². The molecule has 2 saturated heterocycles. The van der Waals surface area contributed by atoms with Gasteiger partial charge in [0.15, 0.2) is 0 Å². The minimum atomic E-state index is 0.111. The molecular formula is C12H22O2S3. The van der Waals surface area contributed by atoms with Crippen molar-refractivity contribution in [3.63, 3.8) is 0 Å². The summed E-state index contributed by atoms with van der Waals surface area (Å²) in [6.45, 7) is 10.8. The summed E-state index contributed by atoms with van der Waals surface area (Å²) in [6, 6.07) is 0. The van der Waals surface area contributed by atoms with Crippen molar-refractivity contribution in [3.05, 3.63) is 0 Å². The lowest BCUT2D eigenvalue weighted by molar-refractivity contribution is 0.401. The number of epoxide rings is 2. The van der Waals surface area contributed by atoms with Gasteiger partial charge in [-0.05, 0) is 26.5 Å². The molecule has 0 N–H and O–H groups in total. The molecule has 2 aliphatic rings. The second-order valence-corrected chi connectivity index (χ2v) is 10.0. The van der Waals surface area contributed by atoms with Gasteiger partial charge in [0.05, 0.1) is 13.2 Å². The van der Waals surface area contributed by atoms with Crippen LogP contribution in [0, 0.1) is 0 Å². The van der Waals surface area contributed by atoms with E-state index >= 15 is 0 Å². The molecule has 0 radical (unpaired) electrons. The Hall–Kier alpha value is 0.970. The standard InChI is InChI=1S/C12H22O2S3/c1-5-15-10(2,8-16-11(3)6-13-11)9-17-12(4)7-14-12/h5-9H2,1-4H3. The Morgan fingerprint density at radius 1 is 1.06 bits per heavy atom. The molecule has 0 spiro atoms. The van der Waals surface area contributed by atoms with Crippen LogP contribution in [0.5, 0.6) is 0 Å². The summed E-state index contributed by atoms with van der Waals surface area (Å²) < 4.78 is 11.2. The molecule has 2 fully saturated rings. The summed E-state index contributed by atoms with van der Waals surface area (Å²) in [5.41, 5.74) is 0. The minimum Gasteiger partial charge on any atom is -0.358 e. The van der Waals surface area contributed by atoms with Gasteiger partial charge >= 0.3 is 0 Å². The number of rotatable bonds is 8. The lowest BCUT2D eigenvalue weighted by Crippen LogP contribution is -2.30. The summed E-state index contributed by atoms with van der Waals surface area (Å²) in [7, 11) is 0. The van der Waals surface area contributed by atoms with E-state index in [9.17, 15) is 0 Å². The van der Waals surface area contributed by atoms with Gasteiger partial charge in [0.2, 0.25) is 0 Å². The second-order valence-electron chi connectivity index (χ2n) is 5.31. The van der Waals surface area contributed by atoms with Gasteiger partial charge in [-0.3, -0.25) is 0 Å². The van der Waals surface area contributed by atoms with Crippen LogP contribution >= 0.6 is 35.3 Å². The first-order chi connectivity index (χ1) is 7.89. The van der Waals surface area contributed by atoms with Gasteiger partial charge in [0, 0.05) is 16.3 Å². The van der Waals surface area contributed by atoms with Crippen LogP contribution in [0.3, 0.4) is 0 Å². The summed E-state index contributed by atoms with van der Waals surface area (Å²) in [5, 5.41) is 0.